The predicted molar refractivity (Wildman–Crippen MR) is 127 cm³/mol. The highest BCUT2D eigenvalue weighted by molar-refractivity contribution is 9.10. The Morgan fingerprint density at radius 2 is 1.81 bits per heavy atom. The smallest absolute Gasteiger partial charge is 0.313 e. The van der Waals surface area contributed by atoms with Gasteiger partial charge < -0.3 is 15.2 Å². The number of amides is 2. The van der Waals surface area contributed by atoms with Gasteiger partial charge in [0.15, 0.2) is 5.58 Å². The Kier molecular flexibility index (Phi) is 5.42. The van der Waals surface area contributed by atoms with Gasteiger partial charge in [-0.25, -0.2) is 4.98 Å². The molecule has 5 rings (SSSR count). The van der Waals surface area contributed by atoms with Crippen molar-refractivity contribution in [2.45, 2.75) is 6.54 Å². The number of benzene rings is 3. The lowest BCUT2D eigenvalue weighted by molar-refractivity contribution is -0.136. The molecule has 2 amide bonds. The van der Waals surface area contributed by atoms with E-state index in [1.54, 1.807) is 29.5 Å². The number of nitrogens with zero attached hydrogens (tertiary/aromatic N) is 2. The van der Waals surface area contributed by atoms with Crippen LogP contribution < -0.4 is 10.6 Å². The van der Waals surface area contributed by atoms with E-state index in [4.69, 9.17) is 4.52 Å². The monoisotopic (exact) mass is 506 g/mol. The summed E-state index contributed by atoms with van der Waals surface area (Å²) in [5.41, 5.74) is 3.57. The summed E-state index contributed by atoms with van der Waals surface area (Å²) >= 11 is 5.05. The largest absolute Gasteiger partial charge is 0.356 e. The highest BCUT2D eigenvalue weighted by Crippen LogP contribution is 2.32. The number of hydrogen-bond acceptors (Lipinski definition) is 6. The van der Waals surface area contributed by atoms with E-state index in [1.165, 1.54) is 0 Å². The van der Waals surface area contributed by atoms with E-state index >= 15 is 0 Å². The Morgan fingerprint density at radius 3 is 2.66 bits per heavy atom. The second-order valence-corrected chi connectivity index (χ2v) is 8.92. The minimum Gasteiger partial charge on any atom is -0.356 e. The summed E-state index contributed by atoms with van der Waals surface area (Å²) in [5.74, 6) is -1.51. The molecule has 0 saturated heterocycles. The number of aromatic nitrogens is 2. The van der Waals surface area contributed by atoms with E-state index in [9.17, 15) is 9.59 Å². The van der Waals surface area contributed by atoms with Crippen LogP contribution >= 0.6 is 27.3 Å². The van der Waals surface area contributed by atoms with Gasteiger partial charge in [-0.05, 0) is 54.6 Å². The molecule has 2 aromatic heterocycles. The lowest BCUT2D eigenvalue weighted by atomic mass is 10.2. The fraction of sp³-hybridized carbons (Fsp3) is 0.0435. The number of carbonyl (C=O) groups excluding carboxylic acids is 2. The van der Waals surface area contributed by atoms with Crippen molar-refractivity contribution >= 4 is 66.0 Å². The zero-order chi connectivity index (χ0) is 22.1. The van der Waals surface area contributed by atoms with E-state index in [2.05, 4.69) is 36.7 Å². The molecule has 2 heterocycles. The SMILES string of the molecule is O=C(NCc1noc2ccccc12)C(=O)Nc1ccc(-c2nc3cc(Br)ccc3s2)cc1. The summed E-state index contributed by atoms with van der Waals surface area (Å²) in [5, 5.41) is 10.8. The van der Waals surface area contributed by atoms with Crippen LogP contribution in [-0.4, -0.2) is 22.0 Å². The maximum atomic E-state index is 12.3. The van der Waals surface area contributed by atoms with E-state index in [0.29, 0.717) is 17.0 Å². The minimum atomic E-state index is -0.754. The van der Waals surface area contributed by atoms with E-state index in [-0.39, 0.29) is 6.54 Å². The van der Waals surface area contributed by atoms with Crippen molar-refractivity contribution in [1.82, 2.24) is 15.5 Å². The first-order valence-corrected chi connectivity index (χ1v) is 11.3. The van der Waals surface area contributed by atoms with Gasteiger partial charge in [0, 0.05) is 21.1 Å². The summed E-state index contributed by atoms with van der Waals surface area (Å²) in [6.07, 6.45) is 0. The molecule has 0 spiro atoms. The van der Waals surface area contributed by atoms with Crippen LogP contribution in [0.3, 0.4) is 0 Å². The standard InChI is InChI=1S/C23H15BrN4O3S/c24-14-7-10-20-17(11-14)27-23(32-20)13-5-8-15(9-6-13)26-22(30)21(29)25-12-18-16-3-1-2-4-19(16)31-28-18/h1-11H,12H2,(H,25,29)(H,26,30). The Hall–Kier alpha value is -3.56. The van der Waals surface area contributed by atoms with Crippen molar-refractivity contribution < 1.29 is 14.1 Å². The zero-order valence-electron chi connectivity index (χ0n) is 16.5. The molecule has 5 aromatic rings. The fourth-order valence-electron chi connectivity index (χ4n) is 3.22. The summed E-state index contributed by atoms with van der Waals surface area (Å²) in [6, 6.07) is 20.5. The molecule has 0 atom stereocenters. The number of nitrogens with one attached hydrogen (secondary N) is 2. The zero-order valence-corrected chi connectivity index (χ0v) is 18.9. The minimum absolute atomic E-state index is 0.0932. The molecule has 0 aliphatic carbocycles. The quantitative estimate of drug-likeness (QED) is 0.329. The lowest BCUT2D eigenvalue weighted by Crippen LogP contribution is -2.35. The van der Waals surface area contributed by atoms with Crippen LogP contribution in [0.1, 0.15) is 5.69 Å². The molecule has 7 nitrogen and oxygen atoms in total. The summed E-state index contributed by atoms with van der Waals surface area (Å²) < 4.78 is 7.28. The molecule has 0 bridgehead atoms. The molecular formula is C23H15BrN4O3S. The van der Waals surface area contributed by atoms with E-state index in [1.807, 2.05) is 48.5 Å². The average Bonchev–Trinajstić information content (AvgIpc) is 3.41. The van der Waals surface area contributed by atoms with Gasteiger partial charge in [-0.2, -0.15) is 0 Å². The Bertz CT molecular complexity index is 1460. The third-order valence-corrected chi connectivity index (χ3v) is 6.39. The second-order valence-electron chi connectivity index (χ2n) is 6.97. The molecule has 0 aliphatic rings. The van der Waals surface area contributed by atoms with Gasteiger partial charge in [0.05, 0.1) is 16.8 Å². The van der Waals surface area contributed by atoms with Gasteiger partial charge in [0.25, 0.3) is 0 Å². The molecule has 0 aliphatic heterocycles. The number of carbonyl (C=O) groups is 2. The van der Waals surface area contributed by atoms with Crippen molar-refractivity contribution in [2.75, 3.05) is 5.32 Å². The Balaban J connectivity index is 1.22. The van der Waals surface area contributed by atoms with Crippen molar-refractivity contribution in [3.8, 4) is 10.6 Å². The molecule has 0 fully saturated rings. The molecule has 3 aromatic carbocycles. The van der Waals surface area contributed by atoms with Crippen molar-refractivity contribution in [3.05, 3.63) is 76.9 Å². The van der Waals surface area contributed by atoms with Gasteiger partial charge in [-0.15, -0.1) is 11.3 Å². The van der Waals surface area contributed by atoms with Crippen LogP contribution in [-0.2, 0) is 16.1 Å². The summed E-state index contributed by atoms with van der Waals surface area (Å²) in [7, 11) is 0. The highest BCUT2D eigenvalue weighted by Gasteiger charge is 2.16. The van der Waals surface area contributed by atoms with Crippen LogP contribution in [0.15, 0.2) is 75.7 Å². The van der Waals surface area contributed by atoms with Crippen LogP contribution in [0, 0.1) is 0 Å². The molecular weight excluding hydrogens is 492 g/mol. The molecule has 0 unspecified atom stereocenters. The van der Waals surface area contributed by atoms with E-state index < -0.39 is 11.8 Å². The topological polar surface area (TPSA) is 97.1 Å². The Labute approximate surface area is 194 Å². The number of hydrogen-bond donors (Lipinski definition) is 2. The Morgan fingerprint density at radius 1 is 1.00 bits per heavy atom. The maximum absolute atomic E-state index is 12.3. The van der Waals surface area contributed by atoms with Crippen LogP contribution in [0.2, 0.25) is 0 Å². The predicted octanol–water partition coefficient (Wildman–Crippen LogP) is 5.12. The third-order valence-electron chi connectivity index (χ3n) is 4.81. The second kappa shape index (κ2) is 8.52. The summed E-state index contributed by atoms with van der Waals surface area (Å²) in [6.45, 7) is 0.0932. The van der Waals surface area contributed by atoms with Crippen LogP contribution in [0.25, 0.3) is 31.8 Å². The van der Waals surface area contributed by atoms with Crippen molar-refractivity contribution in [3.63, 3.8) is 0 Å². The highest BCUT2D eigenvalue weighted by atomic mass is 79.9. The normalized spacial score (nSPS) is 11.0. The molecule has 0 radical (unpaired) electrons. The third kappa shape index (κ3) is 4.12. The van der Waals surface area contributed by atoms with Gasteiger partial charge in [-0.3, -0.25) is 9.59 Å². The van der Waals surface area contributed by atoms with E-state index in [0.717, 1.165) is 30.6 Å². The number of fused-ring (bicyclic) bond motifs is 2. The first-order valence-electron chi connectivity index (χ1n) is 9.66. The number of anilines is 1. The molecule has 9 heteroatoms. The number of para-hydroxylation sites is 1. The first kappa shape index (κ1) is 20.3. The van der Waals surface area contributed by atoms with Crippen LogP contribution in [0.5, 0.6) is 0 Å². The average molecular weight is 507 g/mol. The summed E-state index contributed by atoms with van der Waals surface area (Å²) in [4.78, 5) is 29.1. The maximum Gasteiger partial charge on any atom is 0.313 e. The van der Waals surface area contributed by atoms with Crippen molar-refractivity contribution in [1.29, 1.82) is 0 Å². The van der Waals surface area contributed by atoms with Gasteiger partial charge >= 0.3 is 11.8 Å². The lowest BCUT2D eigenvalue weighted by Gasteiger charge is -2.06. The molecule has 2 N–H and O–H groups in total. The van der Waals surface area contributed by atoms with Gasteiger partial charge in [0.1, 0.15) is 10.7 Å². The molecule has 158 valence electrons. The number of halogens is 1. The molecule has 32 heavy (non-hydrogen) atoms. The first-order chi connectivity index (χ1) is 15.6. The van der Waals surface area contributed by atoms with Gasteiger partial charge in [-0.1, -0.05) is 33.2 Å². The number of rotatable bonds is 4. The van der Waals surface area contributed by atoms with Gasteiger partial charge in [0.2, 0.25) is 0 Å². The molecule has 0 saturated carbocycles. The fourth-order valence-corrected chi connectivity index (χ4v) is 4.52. The van der Waals surface area contributed by atoms with Crippen molar-refractivity contribution in [2.24, 2.45) is 0 Å². The van der Waals surface area contributed by atoms with Crippen LogP contribution in [0.4, 0.5) is 5.69 Å². The number of thiazole rings is 1.